The molecule has 1 saturated heterocycles. The van der Waals surface area contributed by atoms with Crippen molar-refractivity contribution >= 4 is 22.2 Å². The van der Waals surface area contributed by atoms with Gasteiger partial charge in [-0.15, -0.1) is 0 Å². The van der Waals surface area contributed by atoms with E-state index in [1.54, 1.807) is 20.8 Å². The van der Waals surface area contributed by atoms with E-state index < -0.39 is 39.9 Å². The Morgan fingerprint density at radius 2 is 1.81 bits per heavy atom. The molecule has 8 nitrogen and oxygen atoms in total. The van der Waals surface area contributed by atoms with E-state index in [1.165, 1.54) is 0 Å². The molecule has 1 amide bonds. The molecule has 1 aliphatic heterocycles. The molecule has 2 atom stereocenters. The summed E-state index contributed by atoms with van der Waals surface area (Å²) in [4.78, 5) is 24.3. The molecule has 0 spiro atoms. The molecule has 0 aromatic rings. The second-order valence-corrected chi connectivity index (χ2v) is 7.59. The Morgan fingerprint density at radius 1 is 1.24 bits per heavy atom. The molecule has 1 heterocycles. The summed E-state index contributed by atoms with van der Waals surface area (Å²) >= 11 is 0. The number of hydrogen-bond donors (Lipinski definition) is 1. The van der Waals surface area contributed by atoms with Crippen molar-refractivity contribution < 1.29 is 32.0 Å². The van der Waals surface area contributed by atoms with E-state index in [0.717, 1.165) is 11.2 Å². The quantitative estimate of drug-likeness (QED) is 0.765. The highest BCUT2D eigenvalue weighted by Gasteiger charge is 2.39. The molecule has 1 N–H and O–H groups in total. The molecular formula is C12H21NO7S. The minimum Gasteiger partial charge on any atom is -0.480 e. The Hall–Kier alpha value is -1.35. The number of hydrogen-bond acceptors (Lipinski definition) is 6. The van der Waals surface area contributed by atoms with Crippen LogP contribution in [0.25, 0.3) is 0 Å². The maximum Gasteiger partial charge on any atom is 0.411 e. The third-order valence-corrected chi connectivity index (χ3v) is 3.38. The number of ether oxygens (including phenoxy) is 1. The lowest BCUT2D eigenvalue weighted by Gasteiger charge is -2.37. The monoisotopic (exact) mass is 323 g/mol. The first-order valence-electron chi connectivity index (χ1n) is 6.50. The molecule has 21 heavy (non-hydrogen) atoms. The summed E-state index contributed by atoms with van der Waals surface area (Å²) in [5.41, 5.74) is -0.773. The number of carbonyl (C=O) groups is 2. The molecule has 1 fully saturated rings. The normalized spacial score (nSPS) is 23.7. The van der Waals surface area contributed by atoms with Gasteiger partial charge in [-0.2, -0.15) is 8.42 Å². The lowest BCUT2D eigenvalue weighted by Crippen LogP contribution is -2.54. The highest BCUT2D eigenvalue weighted by molar-refractivity contribution is 7.86. The Labute approximate surface area is 124 Å². The lowest BCUT2D eigenvalue weighted by atomic mass is 10.0. The van der Waals surface area contributed by atoms with Crippen LogP contribution in [0.2, 0.25) is 0 Å². The second kappa shape index (κ2) is 6.18. The van der Waals surface area contributed by atoms with Gasteiger partial charge in [-0.25, -0.2) is 9.59 Å². The van der Waals surface area contributed by atoms with Gasteiger partial charge in [0.25, 0.3) is 10.1 Å². The van der Waals surface area contributed by atoms with Gasteiger partial charge in [0.2, 0.25) is 0 Å². The van der Waals surface area contributed by atoms with Crippen LogP contribution < -0.4 is 0 Å². The summed E-state index contributed by atoms with van der Waals surface area (Å²) in [7, 11) is -3.67. The van der Waals surface area contributed by atoms with E-state index in [2.05, 4.69) is 0 Å². The summed E-state index contributed by atoms with van der Waals surface area (Å²) in [6, 6.07) is -1.04. The van der Waals surface area contributed by atoms with Gasteiger partial charge in [0.1, 0.15) is 11.6 Å². The average molecular weight is 323 g/mol. The van der Waals surface area contributed by atoms with Crippen LogP contribution in [0.3, 0.4) is 0 Å². The van der Waals surface area contributed by atoms with Gasteiger partial charge < -0.3 is 9.84 Å². The van der Waals surface area contributed by atoms with Gasteiger partial charge in [-0.1, -0.05) is 0 Å². The molecule has 1 rings (SSSR count). The number of amides is 1. The number of nitrogens with zero attached hydrogens (tertiary/aromatic N) is 1. The third kappa shape index (κ3) is 5.88. The van der Waals surface area contributed by atoms with E-state index in [0.29, 0.717) is 0 Å². The van der Waals surface area contributed by atoms with Gasteiger partial charge in [0.15, 0.2) is 0 Å². The van der Waals surface area contributed by atoms with Crippen LogP contribution in [0, 0.1) is 0 Å². The predicted octanol–water partition coefficient (Wildman–Crippen LogP) is 0.815. The van der Waals surface area contributed by atoms with Crippen molar-refractivity contribution in [3.05, 3.63) is 0 Å². The van der Waals surface area contributed by atoms with Crippen LogP contribution in [0.1, 0.15) is 33.6 Å². The van der Waals surface area contributed by atoms with Crippen LogP contribution in [0.5, 0.6) is 0 Å². The van der Waals surface area contributed by atoms with Crippen molar-refractivity contribution in [3.63, 3.8) is 0 Å². The zero-order valence-corrected chi connectivity index (χ0v) is 13.3. The van der Waals surface area contributed by atoms with Crippen molar-refractivity contribution in [1.29, 1.82) is 0 Å². The maximum atomic E-state index is 12.1. The Kier molecular flexibility index (Phi) is 5.21. The van der Waals surface area contributed by atoms with Gasteiger partial charge in [0, 0.05) is 0 Å². The van der Waals surface area contributed by atoms with Crippen molar-refractivity contribution in [1.82, 2.24) is 4.90 Å². The van der Waals surface area contributed by atoms with Crippen molar-refractivity contribution in [2.24, 2.45) is 0 Å². The fourth-order valence-corrected chi connectivity index (χ4v) is 2.69. The summed E-state index contributed by atoms with van der Waals surface area (Å²) in [5, 5.41) is 9.17. The van der Waals surface area contributed by atoms with Crippen LogP contribution in [-0.2, 0) is 23.8 Å². The number of carboxylic acids is 1. The minimum absolute atomic E-state index is 0.106. The molecule has 122 valence electrons. The van der Waals surface area contributed by atoms with Crippen molar-refractivity contribution in [2.75, 3.05) is 12.8 Å². The summed E-state index contributed by atoms with van der Waals surface area (Å²) in [5.74, 6) is -1.15. The lowest BCUT2D eigenvalue weighted by molar-refractivity contribution is -0.145. The fraction of sp³-hybridized carbons (Fsp3) is 0.833. The van der Waals surface area contributed by atoms with Crippen LogP contribution >= 0.6 is 0 Å². The Morgan fingerprint density at radius 3 is 2.24 bits per heavy atom. The molecule has 0 aromatic carbocycles. The van der Waals surface area contributed by atoms with E-state index in [-0.39, 0.29) is 19.4 Å². The number of aliphatic carboxylic acids is 1. The molecule has 0 unspecified atom stereocenters. The van der Waals surface area contributed by atoms with Gasteiger partial charge in [-0.3, -0.25) is 9.08 Å². The molecule has 9 heteroatoms. The van der Waals surface area contributed by atoms with E-state index in [4.69, 9.17) is 14.0 Å². The topological polar surface area (TPSA) is 110 Å². The summed E-state index contributed by atoms with van der Waals surface area (Å²) in [6.45, 7) is 4.85. The number of piperidine rings is 1. The van der Waals surface area contributed by atoms with Crippen LogP contribution in [0.15, 0.2) is 0 Å². The van der Waals surface area contributed by atoms with Gasteiger partial charge in [-0.05, 0) is 33.6 Å². The smallest absolute Gasteiger partial charge is 0.411 e. The fourth-order valence-electron chi connectivity index (χ4n) is 2.04. The molecule has 0 radical (unpaired) electrons. The first kappa shape index (κ1) is 17.7. The van der Waals surface area contributed by atoms with Crippen molar-refractivity contribution in [2.45, 2.75) is 51.4 Å². The van der Waals surface area contributed by atoms with Gasteiger partial charge >= 0.3 is 12.1 Å². The van der Waals surface area contributed by atoms with Crippen molar-refractivity contribution in [3.8, 4) is 0 Å². The summed E-state index contributed by atoms with van der Waals surface area (Å²) in [6.07, 6.45) is -0.300. The van der Waals surface area contributed by atoms with Gasteiger partial charge in [0.05, 0.1) is 18.9 Å². The van der Waals surface area contributed by atoms with Crippen LogP contribution in [-0.4, -0.2) is 61.0 Å². The molecule has 0 aromatic heterocycles. The zero-order valence-electron chi connectivity index (χ0n) is 12.5. The molecule has 1 aliphatic rings. The first-order valence-corrected chi connectivity index (χ1v) is 8.31. The third-order valence-electron chi connectivity index (χ3n) is 2.76. The first-order chi connectivity index (χ1) is 9.39. The average Bonchev–Trinajstić information content (AvgIpc) is 2.23. The second-order valence-electron chi connectivity index (χ2n) is 5.99. The van der Waals surface area contributed by atoms with E-state index >= 15 is 0 Å². The van der Waals surface area contributed by atoms with E-state index in [9.17, 15) is 18.0 Å². The Bertz CT molecular complexity index is 508. The number of likely N-dealkylation sites (tertiary alicyclic amines) is 1. The maximum absolute atomic E-state index is 12.1. The molecular weight excluding hydrogens is 302 g/mol. The van der Waals surface area contributed by atoms with Crippen LogP contribution in [0.4, 0.5) is 4.79 Å². The number of carbonyl (C=O) groups excluding carboxylic acids is 1. The number of carboxylic acid groups (broad SMARTS) is 1. The zero-order chi connectivity index (χ0) is 16.4. The number of rotatable bonds is 3. The summed E-state index contributed by atoms with van der Waals surface area (Å²) < 4.78 is 32.3. The molecule has 0 aliphatic carbocycles. The predicted molar refractivity (Wildman–Crippen MR) is 73.3 cm³/mol. The highest BCUT2D eigenvalue weighted by atomic mass is 32.2. The highest BCUT2D eigenvalue weighted by Crippen LogP contribution is 2.23. The molecule has 0 bridgehead atoms. The standard InChI is InChI=1S/C12H21NO7S/c1-12(2,3)19-11(16)13-7-8(20-21(4,17)18)5-6-9(13)10(14)15/h8-9H,5-7H2,1-4H3,(H,14,15)/t8-,9-/m1/s1. The molecule has 0 saturated carbocycles. The largest absolute Gasteiger partial charge is 0.480 e. The van der Waals surface area contributed by atoms with E-state index in [1.807, 2.05) is 0 Å². The SMILES string of the molecule is CC(C)(C)OC(=O)N1C[C@H](OS(C)(=O)=O)CC[C@@H]1C(=O)O. The Balaban J connectivity index is 2.86. The minimum atomic E-state index is -3.67.